The third-order valence-corrected chi connectivity index (χ3v) is 4.84. The Bertz CT molecular complexity index is 664. The molecular weight excluding hydrogens is 258 g/mol. The predicted molar refractivity (Wildman–Crippen MR) is 75.7 cm³/mol. The van der Waals surface area contributed by atoms with Gasteiger partial charge in [-0.05, 0) is 42.2 Å². The number of rotatable bonds is 4. The molecule has 1 heterocycles. The van der Waals surface area contributed by atoms with Gasteiger partial charge in [0.15, 0.2) is 9.84 Å². The molecule has 3 nitrogen and oxygen atoms in total. The molecule has 0 aliphatic carbocycles. The first-order valence-electron chi connectivity index (χ1n) is 6.24. The van der Waals surface area contributed by atoms with Crippen LogP contribution < -0.4 is 0 Å². The third kappa shape index (κ3) is 3.01. The molecule has 0 bridgehead atoms. The highest BCUT2D eigenvalue weighted by Gasteiger charge is 2.18. The Morgan fingerprint density at radius 3 is 2.58 bits per heavy atom. The summed E-state index contributed by atoms with van der Waals surface area (Å²) >= 11 is 0. The summed E-state index contributed by atoms with van der Waals surface area (Å²) in [4.78, 5) is 4.16. The molecule has 2 aromatic rings. The number of hydrogen-bond acceptors (Lipinski definition) is 3. The SMILES string of the molecule is CCc1cccc(C)c1CS(=O)(=O)c1cccnc1. The maximum Gasteiger partial charge on any atom is 0.184 e. The zero-order valence-corrected chi connectivity index (χ0v) is 11.9. The van der Waals surface area contributed by atoms with Crippen molar-refractivity contribution in [1.82, 2.24) is 4.98 Å². The zero-order valence-electron chi connectivity index (χ0n) is 11.1. The van der Waals surface area contributed by atoms with E-state index in [-0.39, 0.29) is 10.6 Å². The fourth-order valence-corrected chi connectivity index (χ4v) is 3.57. The zero-order chi connectivity index (χ0) is 13.9. The number of nitrogens with zero attached hydrogens (tertiary/aromatic N) is 1. The minimum Gasteiger partial charge on any atom is -0.263 e. The lowest BCUT2D eigenvalue weighted by atomic mass is 10.0. The van der Waals surface area contributed by atoms with Crippen molar-refractivity contribution in [3.63, 3.8) is 0 Å². The Labute approximate surface area is 114 Å². The molecule has 100 valence electrons. The molecule has 0 aliphatic rings. The molecule has 0 aliphatic heterocycles. The van der Waals surface area contributed by atoms with Gasteiger partial charge >= 0.3 is 0 Å². The summed E-state index contributed by atoms with van der Waals surface area (Å²) < 4.78 is 24.8. The van der Waals surface area contributed by atoms with Gasteiger partial charge < -0.3 is 0 Å². The average molecular weight is 275 g/mol. The number of sulfone groups is 1. The van der Waals surface area contributed by atoms with Crippen molar-refractivity contribution < 1.29 is 8.42 Å². The second-order valence-electron chi connectivity index (χ2n) is 4.51. The first-order valence-corrected chi connectivity index (χ1v) is 7.90. The van der Waals surface area contributed by atoms with Gasteiger partial charge in [-0.1, -0.05) is 25.1 Å². The molecule has 1 aromatic heterocycles. The van der Waals surface area contributed by atoms with Gasteiger partial charge in [0.2, 0.25) is 0 Å². The van der Waals surface area contributed by atoms with Crippen LogP contribution in [-0.4, -0.2) is 13.4 Å². The average Bonchev–Trinajstić information content (AvgIpc) is 2.42. The summed E-state index contributed by atoms with van der Waals surface area (Å²) in [5, 5.41) is 0. The second-order valence-corrected chi connectivity index (χ2v) is 6.50. The van der Waals surface area contributed by atoms with Crippen LogP contribution in [0.2, 0.25) is 0 Å². The maximum atomic E-state index is 12.4. The topological polar surface area (TPSA) is 47.0 Å². The van der Waals surface area contributed by atoms with Crippen LogP contribution in [-0.2, 0) is 22.0 Å². The summed E-state index contributed by atoms with van der Waals surface area (Å²) in [6.07, 6.45) is 3.81. The van der Waals surface area contributed by atoms with Crippen LogP contribution >= 0.6 is 0 Å². The Balaban J connectivity index is 2.42. The highest BCUT2D eigenvalue weighted by Crippen LogP contribution is 2.21. The van der Waals surface area contributed by atoms with Crippen molar-refractivity contribution in [1.29, 1.82) is 0 Å². The van der Waals surface area contributed by atoms with Crippen LogP contribution in [0, 0.1) is 6.92 Å². The van der Waals surface area contributed by atoms with Crippen LogP contribution in [0.1, 0.15) is 23.6 Å². The lowest BCUT2D eigenvalue weighted by molar-refractivity contribution is 0.594. The second kappa shape index (κ2) is 5.53. The van der Waals surface area contributed by atoms with E-state index in [9.17, 15) is 8.42 Å². The van der Waals surface area contributed by atoms with Crippen molar-refractivity contribution in [3.05, 3.63) is 59.4 Å². The standard InChI is InChI=1S/C15H17NO2S/c1-3-13-7-4-6-12(2)15(13)11-19(17,18)14-8-5-9-16-10-14/h4-10H,3,11H2,1-2H3. The molecule has 4 heteroatoms. The molecule has 0 amide bonds. The number of aryl methyl sites for hydroxylation is 2. The van der Waals surface area contributed by atoms with Gasteiger partial charge in [-0.15, -0.1) is 0 Å². The lowest BCUT2D eigenvalue weighted by Gasteiger charge is -2.11. The first-order chi connectivity index (χ1) is 9.04. The Hall–Kier alpha value is -1.68. The van der Waals surface area contributed by atoms with E-state index in [0.29, 0.717) is 0 Å². The van der Waals surface area contributed by atoms with Crippen LogP contribution in [0.4, 0.5) is 0 Å². The van der Waals surface area contributed by atoms with E-state index in [2.05, 4.69) is 4.98 Å². The van der Waals surface area contributed by atoms with E-state index in [1.54, 1.807) is 18.3 Å². The molecule has 1 aromatic carbocycles. The van der Waals surface area contributed by atoms with E-state index in [4.69, 9.17) is 0 Å². The molecule has 19 heavy (non-hydrogen) atoms. The van der Waals surface area contributed by atoms with Crippen molar-refractivity contribution in [2.45, 2.75) is 30.9 Å². The van der Waals surface area contributed by atoms with Gasteiger partial charge in [0.1, 0.15) is 0 Å². The molecule has 2 rings (SSSR count). The number of aromatic nitrogens is 1. The van der Waals surface area contributed by atoms with E-state index < -0.39 is 9.84 Å². The van der Waals surface area contributed by atoms with Crippen LogP contribution in [0.3, 0.4) is 0 Å². The molecule has 0 unspecified atom stereocenters. The number of pyridine rings is 1. The summed E-state index contributed by atoms with van der Waals surface area (Å²) in [5.41, 5.74) is 3.02. The largest absolute Gasteiger partial charge is 0.263 e. The predicted octanol–water partition coefficient (Wildman–Crippen LogP) is 2.93. The van der Waals surface area contributed by atoms with Crippen molar-refractivity contribution >= 4 is 9.84 Å². The smallest absolute Gasteiger partial charge is 0.184 e. The summed E-state index contributed by atoms with van der Waals surface area (Å²) in [5.74, 6) is 0.0362. The number of hydrogen-bond donors (Lipinski definition) is 0. The summed E-state index contributed by atoms with van der Waals surface area (Å²) in [6, 6.07) is 9.14. The summed E-state index contributed by atoms with van der Waals surface area (Å²) in [6.45, 7) is 3.99. The molecule has 0 spiro atoms. The van der Waals surface area contributed by atoms with Crippen LogP contribution in [0.15, 0.2) is 47.6 Å². The number of benzene rings is 1. The third-order valence-electron chi connectivity index (χ3n) is 3.22. The van der Waals surface area contributed by atoms with Gasteiger partial charge in [-0.3, -0.25) is 4.98 Å². The fourth-order valence-electron chi connectivity index (χ4n) is 2.11. The van der Waals surface area contributed by atoms with E-state index >= 15 is 0 Å². The quantitative estimate of drug-likeness (QED) is 0.862. The van der Waals surface area contributed by atoms with Gasteiger partial charge in [-0.25, -0.2) is 8.42 Å². The molecule has 0 fully saturated rings. The van der Waals surface area contributed by atoms with Gasteiger partial charge in [0, 0.05) is 12.4 Å². The van der Waals surface area contributed by atoms with Crippen LogP contribution in [0.5, 0.6) is 0 Å². The normalized spacial score (nSPS) is 11.5. The minimum absolute atomic E-state index is 0.0362. The monoisotopic (exact) mass is 275 g/mol. The molecule has 0 saturated carbocycles. The lowest BCUT2D eigenvalue weighted by Crippen LogP contribution is -2.08. The highest BCUT2D eigenvalue weighted by atomic mass is 32.2. The molecule has 0 N–H and O–H groups in total. The highest BCUT2D eigenvalue weighted by molar-refractivity contribution is 7.90. The van der Waals surface area contributed by atoms with E-state index in [0.717, 1.165) is 23.1 Å². The van der Waals surface area contributed by atoms with Crippen molar-refractivity contribution in [2.75, 3.05) is 0 Å². The minimum atomic E-state index is -3.33. The Kier molecular flexibility index (Phi) is 4.00. The van der Waals surface area contributed by atoms with E-state index in [1.807, 2.05) is 32.0 Å². The Morgan fingerprint density at radius 2 is 1.95 bits per heavy atom. The van der Waals surface area contributed by atoms with Gasteiger partial charge in [-0.2, -0.15) is 0 Å². The van der Waals surface area contributed by atoms with Crippen molar-refractivity contribution in [2.24, 2.45) is 0 Å². The fraction of sp³-hybridized carbons (Fsp3) is 0.267. The molecule has 0 atom stereocenters. The molecule has 0 saturated heterocycles. The first kappa shape index (κ1) is 13.7. The van der Waals surface area contributed by atoms with Crippen molar-refractivity contribution in [3.8, 4) is 0 Å². The van der Waals surface area contributed by atoms with E-state index in [1.165, 1.54) is 6.20 Å². The summed E-state index contributed by atoms with van der Waals surface area (Å²) in [7, 11) is -3.33. The maximum absolute atomic E-state index is 12.4. The van der Waals surface area contributed by atoms with Gasteiger partial charge in [0.25, 0.3) is 0 Å². The Morgan fingerprint density at radius 1 is 1.16 bits per heavy atom. The van der Waals surface area contributed by atoms with Crippen LogP contribution in [0.25, 0.3) is 0 Å². The molecular formula is C15H17NO2S. The molecule has 0 radical (unpaired) electrons. The van der Waals surface area contributed by atoms with Gasteiger partial charge in [0.05, 0.1) is 10.6 Å².